The highest BCUT2D eigenvalue weighted by Gasteiger charge is 2.17. The fourth-order valence-corrected chi connectivity index (χ4v) is 2.40. The number of piperazine rings is 1. The normalized spacial score (nSPS) is 16.9. The molecular formula is C15H25N3O. The van der Waals surface area contributed by atoms with Crippen LogP contribution in [0.3, 0.4) is 0 Å². The van der Waals surface area contributed by atoms with Crippen LogP contribution in [0.2, 0.25) is 0 Å². The van der Waals surface area contributed by atoms with Gasteiger partial charge in [0.05, 0.1) is 11.8 Å². The Balaban J connectivity index is 2.08. The van der Waals surface area contributed by atoms with Crippen LogP contribution in [0.4, 0.5) is 11.4 Å². The fourth-order valence-electron chi connectivity index (χ4n) is 2.40. The minimum absolute atomic E-state index is 0.148. The van der Waals surface area contributed by atoms with E-state index in [0.29, 0.717) is 5.69 Å². The lowest BCUT2D eigenvalue weighted by molar-refractivity contribution is 0.243. The SMILES string of the molecule is CCN1CCN(c2ccc(N)c(OC(C)C)c2)CC1. The molecule has 106 valence electrons. The molecule has 0 aliphatic carbocycles. The second-order valence-corrected chi connectivity index (χ2v) is 5.31. The molecule has 2 N–H and O–H groups in total. The second-order valence-electron chi connectivity index (χ2n) is 5.31. The lowest BCUT2D eigenvalue weighted by Crippen LogP contribution is -2.46. The van der Waals surface area contributed by atoms with Gasteiger partial charge >= 0.3 is 0 Å². The van der Waals surface area contributed by atoms with Gasteiger partial charge in [0.25, 0.3) is 0 Å². The molecule has 0 saturated carbocycles. The van der Waals surface area contributed by atoms with Crippen LogP contribution in [-0.4, -0.2) is 43.7 Å². The Kier molecular flexibility index (Phi) is 4.53. The molecule has 1 aliphatic rings. The van der Waals surface area contributed by atoms with E-state index in [1.165, 1.54) is 5.69 Å². The molecule has 0 spiro atoms. The number of rotatable bonds is 4. The topological polar surface area (TPSA) is 41.7 Å². The van der Waals surface area contributed by atoms with Crippen molar-refractivity contribution in [3.63, 3.8) is 0 Å². The summed E-state index contributed by atoms with van der Waals surface area (Å²) in [6.07, 6.45) is 0.148. The Morgan fingerprint density at radius 1 is 1.21 bits per heavy atom. The van der Waals surface area contributed by atoms with E-state index in [0.717, 1.165) is 38.5 Å². The summed E-state index contributed by atoms with van der Waals surface area (Å²) in [4.78, 5) is 4.87. The van der Waals surface area contributed by atoms with E-state index >= 15 is 0 Å². The molecule has 4 heteroatoms. The van der Waals surface area contributed by atoms with Gasteiger partial charge in [-0.3, -0.25) is 0 Å². The molecule has 0 atom stereocenters. The van der Waals surface area contributed by atoms with Gasteiger partial charge < -0.3 is 20.3 Å². The standard InChI is InChI=1S/C15H25N3O/c1-4-17-7-9-18(10-8-17)13-5-6-14(16)15(11-13)19-12(2)3/h5-6,11-12H,4,7-10,16H2,1-3H3. The van der Waals surface area contributed by atoms with E-state index in [1.807, 2.05) is 19.9 Å². The molecule has 1 aromatic rings. The molecule has 4 nitrogen and oxygen atoms in total. The summed E-state index contributed by atoms with van der Waals surface area (Å²) in [6, 6.07) is 6.10. The average molecular weight is 263 g/mol. The van der Waals surface area contributed by atoms with Crippen molar-refractivity contribution < 1.29 is 4.74 Å². The number of benzene rings is 1. The van der Waals surface area contributed by atoms with E-state index in [-0.39, 0.29) is 6.10 Å². The quantitative estimate of drug-likeness (QED) is 0.846. The summed E-state index contributed by atoms with van der Waals surface area (Å²) in [5.41, 5.74) is 7.88. The fraction of sp³-hybridized carbons (Fsp3) is 0.600. The molecule has 1 aromatic carbocycles. The number of hydrogen-bond donors (Lipinski definition) is 1. The molecule has 1 saturated heterocycles. The Hall–Kier alpha value is -1.42. The number of anilines is 2. The zero-order valence-corrected chi connectivity index (χ0v) is 12.2. The van der Waals surface area contributed by atoms with Gasteiger partial charge in [-0.15, -0.1) is 0 Å². The van der Waals surface area contributed by atoms with Crippen molar-refractivity contribution in [1.29, 1.82) is 0 Å². The third-order valence-electron chi connectivity index (χ3n) is 3.54. The third-order valence-corrected chi connectivity index (χ3v) is 3.54. The summed E-state index contributed by atoms with van der Waals surface area (Å²) in [7, 11) is 0. The van der Waals surface area contributed by atoms with E-state index in [9.17, 15) is 0 Å². The van der Waals surface area contributed by atoms with Crippen molar-refractivity contribution in [3.05, 3.63) is 18.2 Å². The Labute approximate surface area is 116 Å². The maximum absolute atomic E-state index is 5.96. The molecule has 0 bridgehead atoms. The van der Waals surface area contributed by atoms with Gasteiger partial charge in [-0.25, -0.2) is 0 Å². The number of nitrogen functional groups attached to an aromatic ring is 1. The van der Waals surface area contributed by atoms with Crippen molar-refractivity contribution in [2.45, 2.75) is 26.9 Å². The molecule has 0 aromatic heterocycles. The molecular weight excluding hydrogens is 238 g/mol. The van der Waals surface area contributed by atoms with Crippen LogP contribution < -0.4 is 15.4 Å². The van der Waals surface area contributed by atoms with Gasteiger partial charge in [0.1, 0.15) is 5.75 Å². The largest absolute Gasteiger partial charge is 0.489 e. The monoisotopic (exact) mass is 263 g/mol. The number of likely N-dealkylation sites (N-methyl/N-ethyl adjacent to an activating group) is 1. The van der Waals surface area contributed by atoms with Crippen LogP contribution in [-0.2, 0) is 0 Å². The first-order chi connectivity index (χ1) is 9.10. The maximum Gasteiger partial charge on any atom is 0.144 e. The van der Waals surface area contributed by atoms with Crippen LogP contribution in [0.1, 0.15) is 20.8 Å². The first-order valence-electron chi connectivity index (χ1n) is 7.13. The van der Waals surface area contributed by atoms with E-state index in [4.69, 9.17) is 10.5 Å². The zero-order valence-electron chi connectivity index (χ0n) is 12.2. The molecule has 1 aliphatic heterocycles. The molecule has 1 fully saturated rings. The van der Waals surface area contributed by atoms with Crippen molar-refractivity contribution in [1.82, 2.24) is 4.90 Å². The summed E-state index contributed by atoms with van der Waals surface area (Å²) < 4.78 is 5.76. The number of nitrogens with zero attached hydrogens (tertiary/aromatic N) is 2. The Bertz CT molecular complexity index is 412. The Morgan fingerprint density at radius 3 is 2.47 bits per heavy atom. The van der Waals surface area contributed by atoms with Crippen molar-refractivity contribution >= 4 is 11.4 Å². The number of nitrogens with two attached hydrogens (primary N) is 1. The number of ether oxygens (including phenoxy) is 1. The highest BCUT2D eigenvalue weighted by Crippen LogP contribution is 2.29. The van der Waals surface area contributed by atoms with E-state index in [2.05, 4.69) is 28.9 Å². The molecule has 0 amide bonds. The first kappa shape index (κ1) is 14.0. The van der Waals surface area contributed by atoms with Crippen LogP contribution >= 0.6 is 0 Å². The predicted octanol–water partition coefficient (Wildman–Crippen LogP) is 2.20. The smallest absolute Gasteiger partial charge is 0.144 e. The second kappa shape index (κ2) is 6.15. The lowest BCUT2D eigenvalue weighted by Gasteiger charge is -2.35. The highest BCUT2D eigenvalue weighted by atomic mass is 16.5. The van der Waals surface area contributed by atoms with Crippen LogP contribution in [0.25, 0.3) is 0 Å². The van der Waals surface area contributed by atoms with Gasteiger partial charge in [0.2, 0.25) is 0 Å². The van der Waals surface area contributed by atoms with Gasteiger partial charge in [-0.1, -0.05) is 6.92 Å². The zero-order chi connectivity index (χ0) is 13.8. The molecule has 2 rings (SSSR count). The van der Waals surface area contributed by atoms with Crippen molar-refractivity contribution in [2.75, 3.05) is 43.4 Å². The van der Waals surface area contributed by atoms with Gasteiger partial charge in [-0.2, -0.15) is 0 Å². The van der Waals surface area contributed by atoms with E-state index in [1.54, 1.807) is 0 Å². The minimum Gasteiger partial charge on any atom is -0.489 e. The molecule has 0 unspecified atom stereocenters. The predicted molar refractivity (Wildman–Crippen MR) is 80.9 cm³/mol. The van der Waals surface area contributed by atoms with Crippen LogP contribution in [0.5, 0.6) is 5.75 Å². The summed E-state index contributed by atoms with van der Waals surface area (Å²) in [6.45, 7) is 11.8. The third kappa shape index (κ3) is 3.53. The van der Waals surface area contributed by atoms with Crippen LogP contribution in [0, 0.1) is 0 Å². The molecule has 1 heterocycles. The van der Waals surface area contributed by atoms with E-state index < -0.39 is 0 Å². The average Bonchev–Trinajstić information content (AvgIpc) is 2.41. The van der Waals surface area contributed by atoms with Crippen molar-refractivity contribution in [2.24, 2.45) is 0 Å². The maximum atomic E-state index is 5.96. The van der Waals surface area contributed by atoms with Crippen molar-refractivity contribution in [3.8, 4) is 5.75 Å². The van der Waals surface area contributed by atoms with Gasteiger partial charge in [0.15, 0.2) is 0 Å². The minimum atomic E-state index is 0.148. The van der Waals surface area contributed by atoms with Crippen LogP contribution in [0.15, 0.2) is 18.2 Å². The molecule has 0 radical (unpaired) electrons. The lowest BCUT2D eigenvalue weighted by atomic mass is 10.2. The van der Waals surface area contributed by atoms with Gasteiger partial charge in [0, 0.05) is 37.9 Å². The number of hydrogen-bond acceptors (Lipinski definition) is 4. The summed E-state index contributed by atoms with van der Waals surface area (Å²) in [5, 5.41) is 0. The molecule has 19 heavy (non-hydrogen) atoms. The highest BCUT2D eigenvalue weighted by molar-refractivity contribution is 5.62. The Morgan fingerprint density at radius 2 is 1.89 bits per heavy atom. The first-order valence-corrected chi connectivity index (χ1v) is 7.13. The summed E-state index contributed by atoms with van der Waals surface area (Å²) >= 11 is 0. The van der Waals surface area contributed by atoms with Gasteiger partial charge in [-0.05, 0) is 32.5 Å². The summed E-state index contributed by atoms with van der Waals surface area (Å²) in [5.74, 6) is 0.797.